The molecule has 0 amide bonds. The highest BCUT2D eigenvalue weighted by Gasteiger charge is 2.07. The minimum Gasteiger partial charge on any atom is -0.254 e. The molecule has 0 aliphatic carbocycles. The van der Waals surface area contributed by atoms with E-state index < -0.39 is 0 Å². The number of fused-ring (bicyclic) bond motifs is 2. The van der Waals surface area contributed by atoms with Crippen LogP contribution in [0, 0.1) is 0 Å². The van der Waals surface area contributed by atoms with Gasteiger partial charge in [-0.1, -0.05) is 42.5 Å². The molecule has 4 aromatic rings. The van der Waals surface area contributed by atoms with E-state index in [1.165, 1.54) is 22.5 Å². The second-order valence-electron chi connectivity index (χ2n) is 4.35. The van der Waals surface area contributed by atoms with Crippen LogP contribution in [0.1, 0.15) is 0 Å². The third-order valence-electron chi connectivity index (χ3n) is 3.21. The Morgan fingerprint density at radius 2 is 1.68 bits per heavy atom. The minimum absolute atomic E-state index is 0.856. The molecule has 2 aromatic heterocycles. The molecule has 0 saturated heterocycles. The van der Waals surface area contributed by atoms with Crippen molar-refractivity contribution in [3.05, 3.63) is 54.7 Å². The van der Waals surface area contributed by atoms with Gasteiger partial charge in [0.05, 0.1) is 23.6 Å². The minimum atomic E-state index is 0.856. The van der Waals surface area contributed by atoms with E-state index in [-0.39, 0.29) is 0 Å². The number of hydrogen-bond acceptors (Lipinski definition) is 4. The fourth-order valence-corrected chi connectivity index (χ4v) is 2.79. The number of rotatable bonds is 1. The monoisotopic (exact) mass is 263 g/mol. The van der Waals surface area contributed by atoms with E-state index in [1.54, 1.807) is 6.20 Å². The van der Waals surface area contributed by atoms with Crippen LogP contribution in [0.4, 0.5) is 0 Å². The maximum Gasteiger partial charge on any atom is 0.123 e. The van der Waals surface area contributed by atoms with Crippen LogP contribution in [0.3, 0.4) is 0 Å². The van der Waals surface area contributed by atoms with Crippen molar-refractivity contribution in [1.29, 1.82) is 0 Å². The SMILES string of the molecule is c1ccc2c(-c3cc4nsnc4cn3)cccc2c1. The molecule has 90 valence electrons. The Hall–Kier alpha value is -2.33. The van der Waals surface area contributed by atoms with E-state index in [1.807, 2.05) is 12.1 Å². The first-order valence-corrected chi connectivity index (χ1v) is 6.71. The molecule has 0 N–H and O–H groups in total. The lowest BCUT2D eigenvalue weighted by molar-refractivity contribution is 1.35. The summed E-state index contributed by atoms with van der Waals surface area (Å²) in [5.41, 5.74) is 3.84. The van der Waals surface area contributed by atoms with Gasteiger partial charge >= 0.3 is 0 Å². The lowest BCUT2D eigenvalue weighted by atomic mass is 10.0. The number of nitrogens with zero attached hydrogens (tertiary/aromatic N) is 3. The predicted molar refractivity (Wildman–Crippen MR) is 78.2 cm³/mol. The van der Waals surface area contributed by atoms with Crippen LogP contribution in [0.25, 0.3) is 33.1 Å². The van der Waals surface area contributed by atoms with Crippen LogP contribution in [0.15, 0.2) is 54.7 Å². The molecule has 0 aliphatic rings. The first kappa shape index (κ1) is 10.6. The Balaban J connectivity index is 2.03. The molecule has 2 heterocycles. The van der Waals surface area contributed by atoms with Crippen molar-refractivity contribution in [2.24, 2.45) is 0 Å². The summed E-state index contributed by atoms with van der Waals surface area (Å²) >= 11 is 1.22. The standard InChI is InChI=1S/C15H9N3S/c1-2-6-11-10(4-1)5-3-7-12(11)13-8-14-15(9-16-13)18-19-17-14/h1-9H. The molecule has 2 aromatic carbocycles. The second kappa shape index (κ2) is 4.10. The Kier molecular flexibility index (Phi) is 2.28. The lowest BCUT2D eigenvalue weighted by Crippen LogP contribution is -1.85. The van der Waals surface area contributed by atoms with Crippen molar-refractivity contribution in [3.63, 3.8) is 0 Å². The van der Waals surface area contributed by atoms with E-state index >= 15 is 0 Å². The molecule has 4 rings (SSSR count). The largest absolute Gasteiger partial charge is 0.254 e. The smallest absolute Gasteiger partial charge is 0.123 e. The number of pyridine rings is 1. The van der Waals surface area contributed by atoms with Crippen LogP contribution in [0.5, 0.6) is 0 Å². The van der Waals surface area contributed by atoms with Gasteiger partial charge in [0.15, 0.2) is 0 Å². The zero-order valence-electron chi connectivity index (χ0n) is 9.95. The van der Waals surface area contributed by atoms with E-state index in [9.17, 15) is 0 Å². The third kappa shape index (κ3) is 1.69. The first-order valence-electron chi connectivity index (χ1n) is 5.98. The summed E-state index contributed by atoms with van der Waals surface area (Å²) in [6.45, 7) is 0. The van der Waals surface area contributed by atoms with Crippen LogP contribution in [-0.2, 0) is 0 Å². The summed E-state index contributed by atoms with van der Waals surface area (Å²) in [6.07, 6.45) is 1.79. The van der Waals surface area contributed by atoms with Gasteiger partial charge in [-0.2, -0.15) is 8.75 Å². The van der Waals surface area contributed by atoms with Crippen LogP contribution in [-0.4, -0.2) is 13.7 Å². The molecule has 0 atom stereocenters. The Morgan fingerprint density at radius 1 is 0.842 bits per heavy atom. The summed E-state index contributed by atoms with van der Waals surface area (Å²) in [4.78, 5) is 4.50. The van der Waals surface area contributed by atoms with Gasteiger partial charge in [0, 0.05) is 5.56 Å². The van der Waals surface area contributed by atoms with E-state index in [0.717, 1.165) is 22.3 Å². The predicted octanol–water partition coefficient (Wildman–Crippen LogP) is 3.91. The highest BCUT2D eigenvalue weighted by molar-refractivity contribution is 7.00. The van der Waals surface area contributed by atoms with Crippen molar-refractivity contribution in [3.8, 4) is 11.3 Å². The molecule has 4 heteroatoms. The maximum absolute atomic E-state index is 4.50. The van der Waals surface area contributed by atoms with Gasteiger partial charge in [-0.25, -0.2) is 0 Å². The van der Waals surface area contributed by atoms with E-state index in [4.69, 9.17) is 0 Å². The van der Waals surface area contributed by atoms with Gasteiger partial charge in [0.25, 0.3) is 0 Å². The molecule has 0 fully saturated rings. The summed E-state index contributed by atoms with van der Waals surface area (Å²) < 4.78 is 8.46. The summed E-state index contributed by atoms with van der Waals surface area (Å²) in [5, 5.41) is 2.43. The molecule has 19 heavy (non-hydrogen) atoms. The van der Waals surface area contributed by atoms with Gasteiger partial charge in [-0.05, 0) is 16.8 Å². The van der Waals surface area contributed by atoms with E-state index in [0.29, 0.717) is 0 Å². The Morgan fingerprint density at radius 3 is 2.68 bits per heavy atom. The molecule has 0 saturated carbocycles. The Labute approximate surface area is 113 Å². The van der Waals surface area contributed by atoms with Gasteiger partial charge < -0.3 is 0 Å². The molecule has 3 nitrogen and oxygen atoms in total. The van der Waals surface area contributed by atoms with Gasteiger partial charge in [0.2, 0.25) is 0 Å². The molecule has 0 bridgehead atoms. The average Bonchev–Trinajstić information content (AvgIpc) is 2.94. The molecular formula is C15H9N3S. The van der Waals surface area contributed by atoms with Gasteiger partial charge in [0.1, 0.15) is 11.0 Å². The van der Waals surface area contributed by atoms with Crippen molar-refractivity contribution in [1.82, 2.24) is 13.7 Å². The number of hydrogen-bond donors (Lipinski definition) is 0. The topological polar surface area (TPSA) is 38.7 Å². The molecule has 0 unspecified atom stereocenters. The third-order valence-corrected chi connectivity index (χ3v) is 3.76. The first-order chi connectivity index (χ1) is 9.42. The number of benzene rings is 2. The maximum atomic E-state index is 4.50. The van der Waals surface area contributed by atoms with Gasteiger partial charge in [-0.3, -0.25) is 4.98 Å². The fourth-order valence-electron chi connectivity index (χ4n) is 2.29. The van der Waals surface area contributed by atoms with Crippen molar-refractivity contribution in [2.45, 2.75) is 0 Å². The van der Waals surface area contributed by atoms with Crippen molar-refractivity contribution in [2.75, 3.05) is 0 Å². The average molecular weight is 263 g/mol. The highest BCUT2D eigenvalue weighted by Crippen LogP contribution is 2.28. The second-order valence-corrected chi connectivity index (χ2v) is 4.88. The Bertz CT molecular complexity index is 877. The quantitative estimate of drug-likeness (QED) is 0.522. The van der Waals surface area contributed by atoms with Crippen LogP contribution in [0.2, 0.25) is 0 Å². The highest BCUT2D eigenvalue weighted by atomic mass is 32.1. The molecular weight excluding hydrogens is 254 g/mol. The van der Waals surface area contributed by atoms with Crippen molar-refractivity contribution >= 4 is 33.5 Å². The van der Waals surface area contributed by atoms with Crippen molar-refractivity contribution < 1.29 is 0 Å². The number of aromatic nitrogens is 3. The van der Waals surface area contributed by atoms with E-state index in [2.05, 4.69) is 50.1 Å². The molecule has 0 aliphatic heterocycles. The van der Waals surface area contributed by atoms with Crippen LogP contribution < -0.4 is 0 Å². The van der Waals surface area contributed by atoms with Gasteiger partial charge in [-0.15, -0.1) is 0 Å². The molecule has 0 spiro atoms. The molecule has 0 radical (unpaired) electrons. The summed E-state index contributed by atoms with van der Waals surface area (Å²) in [6, 6.07) is 16.6. The normalized spacial score (nSPS) is 11.2. The lowest BCUT2D eigenvalue weighted by Gasteiger charge is -2.05. The summed E-state index contributed by atoms with van der Waals surface area (Å²) in [7, 11) is 0. The zero-order chi connectivity index (χ0) is 12.7. The fraction of sp³-hybridized carbons (Fsp3) is 0. The van der Waals surface area contributed by atoms with Crippen LogP contribution >= 0.6 is 11.7 Å². The summed E-state index contributed by atoms with van der Waals surface area (Å²) in [5.74, 6) is 0. The zero-order valence-corrected chi connectivity index (χ0v) is 10.8.